The summed E-state index contributed by atoms with van der Waals surface area (Å²) in [5.41, 5.74) is 0. The van der Waals surface area contributed by atoms with Crippen molar-refractivity contribution in [3.05, 3.63) is 0 Å². The molecule has 0 aromatic rings. The lowest BCUT2D eigenvalue weighted by atomic mass is 9.98. The molecule has 0 amide bonds. The van der Waals surface area contributed by atoms with Gasteiger partial charge in [0.05, 0.1) is 0 Å². The first-order valence-electron chi connectivity index (χ1n) is 4.73. The molecule has 1 rings (SSSR count). The molecule has 4 heteroatoms. The molecule has 0 aromatic carbocycles. The summed E-state index contributed by atoms with van der Waals surface area (Å²) >= 11 is 0. The summed E-state index contributed by atoms with van der Waals surface area (Å²) in [6.07, 6.45) is 2.00. The van der Waals surface area contributed by atoms with Gasteiger partial charge in [-0.3, -0.25) is 9.69 Å². The number of aliphatic hydroxyl groups is 1. The van der Waals surface area contributed by atoms with E-state index in [-0.39, 0.29) is 12.5 Å². The molecule has 76 valence electrons. The number of likely N-dealkylation sites (tertiary alicyclic amines) is 1. The van der Waals surface area contributed by atoms with Gasteiger partial charge in [0.25, 0.3) is 0 Å². The third kappa shape index (κ3) is 2.67. The van der Waals surface area contributed by atoms with Crippen LogP contribution in [-0.4, -0.2) is 46.8 Å². The van der Waals surface area contributed by atoms with Crippen LogP contribution in [0.15, 0.2) is 0 Å². The number of carbonyl (C=O) groups is 1. The summed E-state index contributed by atoms with van der Waals surface area (Å²) in [7, 11) is 0. The Morgan fingerprint density at radius 2 is 2.38 bits per heavy atom. The molecule has 0 aromatic heterocycles. The van der Waals surface area contributed by atoms with Gasteiger partial charge in [-0.15, -0.1) is 0 Å². The molecule has 0 radical (unpaired) electrons. The second-order valence-electron chi connectivity index (χ2n) is 3.70. The lowest BCUT2D eigenvalue weighted by Gasteiger charge is -2.34. The Morgan fingerprint density at radius 3 is 2.92 bits per heavy atom. The molecule has 0 aliphatic carbocycles. The van der Waals surface area contributed by atoms with E-state index in [1.54, 1.807) is 6.92 Å². The molecular formula is C9H17NO3. The van der Waals surface area contributed by atoms with E-state index in [9.17, 15) is 4.79 Å². The minimum absolute atomic E-state index is 0.169. The Hall–Kier alpha value is -0.610. The van der Waals surface area contributed by atoms with Gasteiger partial charge in [0, 0.05) is 13.2 Å². The molecule has 1 saturated heterocycles. The number of aliphatic carboxylic acids is 1. The number of rotatable bonds is 3. The molecule has 13 heavy (non-hydrogen) atoms. The van der Waals surface area contributed by atoms with Gasteiger partial charge in [-0.1, -0.05) is 0 Å². The van der Waals surface area contributed by atoms with E-state index in [0.717, 1.165) is 19.4 Å². The van der Waals surface area contributed by atoms with Crippen molar-refractivity contribution < 1.29 is 15.0 Å². The highest BCUT2D eigenvalue weighted by molar-refractivity contribution is 5.72. The zero-order chi connectivity index (χ0) is 9.84. The van der Waals surface area contributed by atoms with E-state index < -0.39 is 12.0 Å². The fraction of sp³-hybridized carbons (Fsp3) is 0.889. The quantitative estimate of drug-likeness (QED) is 0.661. The molecule has 1 fully saturated rings. The fourth-order valence-corrected chi connectivity index (χ4v) is 1.75. The van der Waals surface area contributed by atoms with Gasteiger partial charge in [-0.2, -0.15) is 0 Å². The lowest BCUT2D eigenvalue weighted by Crippen LogP contribution is -2.45. The van der Waals surface area contributed by atoms with Gasteiger partial charge in [-0.25, -0.2) is 0 Å². The van der Waals surface area contributed by atoms with Crippen LogP contribution in [0.25, 0.3) is 0 Å². The molecule has 0 bridgehead atoms. The van der Waals surface area contributed by atoms with E-state index in [1.807, 2.05) is 4.90 Å². The Morgan fingerprint density at radius 1 is 1.69 bits per heavy atom. The van der Waals surface area contributed by atoms with Crippen LogP contribution in [0.1, 0.15) is 19.8 Å². The number of nitrogens with zero attached hydrogens (tertiary/aromatic N) is 1. The number of piperidine rings is 1. The summed E-state index contributed by atoms with van der Waals surface area (Å²) in [6.45, 7) is 3.42. The smallest absolute Gasteiger partial charge is 0.320 e. The van der Waals surface area contributed by atoms with Crippen LogP contribution in [0, 0.1) is 5.92 Å². The molecule has 4 nitrogen and oxygen atoms in total. The van der Waals surface area contributed by atoms with Gasteiger partial charge >= 0.3 is 5.97 Å². The van der Waals surface area contributed by atoms with Crippen LogP contribution in [0.4, 0.5) is 0 Å². The van der Waals surface area contributed by atoms with Crippen molar-refractivity contribution >= 4 is 5.97 Å². The summed E-state index contributed by atoms with van der Waals surface area (Å²) < 4.78 is 0. The molecule has 2 N–H and O–H groups in total. The van der Waals surface area contributed by atoms with Gasteiger partial charge in [0.15, 0.2) is 0 Å². The van der Waals surface area contributed by atoms with Crippen molar-refractivity contribution in [1.82, 2.24) is 4.90 Å². The summed E-state index contributed by atoms with van der Waals surface area (Å²) in [6, 6.07) is -0.422. The largest absolute Gasteiger partial charge is 0.480 e. The first-order chi connectivity index (χ1) is 6.15. The first kappa shape index (κ1) is 10.5. The lowest BCUT2D eigenvalue weighted by molar-refractivity contribution is -0.143. The Kier molecular flexibility index (Phi) is 3.69. The van der Waals surface area contributed by atoms with Crippen molar-refractivity contribution in [2.45, 2.75) is 25.8 Å². The van der Waals surface area contributed by atoms with Crippen LogP contribution in [0.2, 0.25) is 0 Å². The standard InChI is InChI=1S/C9H17NO3/c1-7(9(12)13)10-4-2-3-8(5-10)6-11/h7-8,11H,2-6H2,1H3,(H,12,13)/t7-,8-/m0/s1. The topological polar surface area (TPSA) is 60.8 Å². The van der Waals surface area contributed by atoms with Gasteiger partial charge < -0.3 is 10.2 Å². The second kappa shape index (κ2) is 4.58. The van der Waals surface area contributed by atoms with Crippen LogP contribution in [0.5, 0.6) is 0 Å². The van der Waals surface area contributed by atoms with Gasteiger partial charge in [0.1, 0.15) is 6.04 Å². The molecule has 0 saturated carbocycles. The van der Waals surface area contributed by atoms with Crippen molar-refractivity contribution in [2.75, 3.05) is 19.7 Å². The van der Waals surface area contributed by atoms with E-state index >= 15 is 0 Å². The summed E-state index contributed by atoms with van der Waals surface area (Å²) in [4.78, 5) is 12.6. The number of carboxylic acid groups (broad SMARTS) is 1. The van der Waals surface area contributed by atoms with Crippen LogP contribution in [0.3, 0.4) is 0 Å². The number of aliphatic hydroxyl groups excluding tert-OH is 1. The summed E-state index contributed by atoms with van der Waals surface area (Å²) in [5.74, 6) is -0.519. The van der Waals surface area contributed by atoms with E-state index in [2.05, 4.69) is 0 Å². The molecular weight excluding hydrogens is 170 g/mol. The Bertz CT molecular complexity index is 184. The van der Waals surface area contributed by atoms with Gasteiger partial charge in [0.2, 0.25) is 0 Å². The number of hydrogen-bond donors (Lipinski definition) is 2. The predicted octanol–water partition coefficient (Wildman–Crippen LogP) is 0.164. The number of carboxylic acids is 1. The van der Waals surface area contributed by atoms with Crippen LogP contribution < -0.4 is 0 Å². The maximum Gasteiger partial charge on any atom is 0.320 e. The SMILES string of the molecule is C[C@@H](C(=O)O)N1CCC[C@H](CO)C1. The van der Waals surface area contributed by atoms with Crippen LogP contribution >= 0.6 is 0 Å². The maximum absolute atomic E-state index is 10.7. The van der Waals surface area contributed by atoms with Crippen LogP contribution in [-0.2, 0) is 4.79 Å². The van der Waals surface area contributed by atoms with Crippen molar-refractivity contribution in [1.29, 1.82) is 0 Å². The van der Waals surface area contributed by atoms with Crippen molar-refractivity contribution in [2.24, 2.45) is 5.92 Å². The Balaban J connectivity index is 2.46. The normalized spacial score (nSPS) is 27.1. The predicted molar refractivity (Wildman–Crippen MR) is 48.5 cm³/mol. The fourth-order valence-electron chi connectivity index (χ4n) is 1.75. The molecule has 1 aliphatic heterocycles. The van der Waals surface area contributed by atoms with Crippen molar-refractivity contribution in [3.63, 3.8) is 0 Å². The highest BCUT2D eigenvalue weighted by Crippen LogP contribution is 2.17. The zero-order valence-corrected chi connectivity index (χ0v) is 7.94. The zero-order valence-electron chi connectivity index (χ0n) is 7.94. The molecule has 0 unspecified atom stereocenters. The first-order valence-corrected chi connectivity index (χ1v) is 4.73. The van der Waals surface area contributed by atoms with Crippen molar-refractivity contribution in [3.8, 4) is 0 Å². The van der Waals surface area contributed by atoms with E-state index in [0.29, 0.717) is 6.54 Å². The highest BCUT2D eigenvalue weighted by atomic mass is 16.4. The average Bonchev–Trinajstić information content (AvgIpc) is 2.16. The minimum Gasteiger partial charge on any atom is -0.480 e. The minimum atomic E-state index is -0.779. The molecule has 1 heterocycles. The maximum atomic E-state index is 10.7. The monoisotopic (exact) mass is 187 g/mol. The number of hydrogen-bond acceptors (Lipinski definition) is 3. The van der Waals surface area contributed by atoms with E-state index in [1.165, 1.54) is 0 Å². The van der Waals surface area contributed by atoms with Gasteiger partial charge in [-0.05, 0) is 32.2 Å². The van der Waals surface area contributed by atoms with E-state index in [4.69, 9.17) is 10.2 Å². The summed E-state index contributed by atoms with van der Waals surface area (Å²) in [5, 5.41) is 17.7. The molecule has 2 atom stereocenters. The second-order valence-corrected chi connectivity index (χ2v) is 3.70. The molecule has 0 spiro atoms. The highest BCUT2D eigenvalue weighted by Gasteiger charge is 2.26. The third-order valence-electron chi connectivity index (χ3n) is 2.71. The third-order valence-corrected chi connectivity index (χ3v) is 2.71. The molecule has 1 aliphatic rings. The Labute approximate surface area is 78.2 Å². The average molecular weight is 187 g/mol.